The molecule has 1 aliphatic rings. The van der Waals surface area contributed by atoms with E-state index in [2.05, 4.69) is 5.10 Å². The van der Waals surface area contributed by atoms with E-state index in [1.807, 2.05) is 17.8 Å². The number of rotatable bonds is 6. The zero-order valence-corrected chi connectivity index (χ0v) is 9.72. The highest BCUT2D eigenvalue weighted by atomic mass is 16.1. The van der Waals surface area contributed by atoms with E-state index in [1.165, 1.54) is 12.8 Å². The minimum Gasteiger partial charge on any atom is -0.327 e. The zero-order valence-electron chi connectivity index (χ0n) is 9.72. The van der Waals surface area contributed by atoms with Gasteiger partial charge in [0, 0.05) is 31.6 Å². The number of Topliss-reactive ketones (excluding diaryl/α,β-unsaturated/α-hetero) is 1. The van der Waals surface area contributed by atoms with Gasteiger partial charge in [0.25, 0.3) is 0 Å². The Labute approximate surface area is 95.8 Å². The van der Waals surface area contributed by atoms with Gasteiger partial charge in [-0.2, -0.15) is 5.10 Å². The SMILES string of the molecule is CCn1cc(CC(=O)CC(N)C2CC2)cn1. The molecule has 1 heterocycles. The third kappa shape index (κ3) is 2.92. The van der Waals surface area contributed by atoms with Crippen molar-refractivity contribution < 1.29 is 4.79 Å². The van der Waals surface area contributed by atoms with E-state index in [0.29, 0.717) is 18.8 Å². The summed E-state index contributed by atoms with van der Waals surface area (Å²) < 4.78 is 1.84. The maximum Gasteiger partial charge on any atom is 0.138 e. The van der Waals surface area contributed by atoms with Crippen molar-refractivity contribution in [2.75, 3.05) is 0 Å². The molecule has 0 amide bonds. The van der Waals surface area contributed by atoms with Crippen LogP contribution in [-0.2, 0) is 17.8 Å². The molecule has 1 aromatic rings. The third-order valence-corrected chi connectivity index (χ3v) is 3.10. The number of carbonyl (C=O) groups excluding carboxylic acids is 1. The quantitative estimate of drug-likeness (QED) is 0.783. The Balaban J connectivity index is 1.81. The number of hydrogen-bond donors (Lipinski definition) is 1. The van der Waals surface area contributed by atoms with Gasteiger partial charge in [-0.15, -0.1) is 0 Å². The molecular weight excluding hydrogens is 202 g/mol. The molecule has 0 radical (unpaired) electrons. The summed E-state index contributed by atoms with van der Waals surface area (Å²) in [5.74, 6) is 0.831. The van der Waals surface area contributed by atoms with Gasteiger partial charge in [-0.25, -0.2) is 0 Å². The van der Waals surface area contributed by atoms with Crippen LogP contribution in [0, 0.1) is 5.92 Å². The Kier molecular flexibility index (Phi) is 3.39. The lowest BCUT2D eigenvalue weighted by atomic mass is 10.0. The van der Waals surface area contributed by atoms with Crippen LogP contribution >= 0.6 is 0 Å². The first-order valence-corrected chi connectivity index (χ1v) is 5.97. The van der Waals surface area contributed by atoms with E-state index in [0.717, 1.165) is 12.1 Å². The molecule has 1 aliphatic carbocycles. The second-order valence-electron chi connectivity index (χ2n) is 4.63. The lowest BCUT2D eigenvalue weighted by Crippen LogP contribution is -2.26. The number of nitrogens with zero attached hydrogens (tertiary/aromatic N) is 2. The van der Waals surface area contributed by atoms with E-state index in [9.17, 15) is 4.79 Å². The maximum atomic E-state index is 11.7. The van der Waals surface area contributed by atoms with Crippen molar-refractivity contribution in [2.24, 2.45) is 11.7 Å². The van der Waals surface area contributed by atoms with Gasteiger partial charge in [0.1, 0.15) is 5.78 Å². The van der Waals surface area contributed by atoms with Crippen molar-refractivity contribution in [2.45, 2.75) is 45.2 Å². The van der Waals surface area contributed by atoms with Gasteiger partial charge in [-0.1, -0.05) is 0 Å². The Morgan fingerprint density at radius 1 is 1.69 bits per heavy atom. The molecule has 0 bridgehead atoms. The molecule has 1 aromatic heterocycles. The standard InChI is InChI=1S/C12H19N3O/c1-2-15-8-9(7-14-15)5-11(16)6-12(13)10-3-4-10/h7-8,10,12H,2-6,13H2,1H3. The van der Waals surface area contributed by atoms with Crippen LogP contribution in [0.2, 0.25) is 0 Å². The Morgan fingerprint density at radius 3 is 3.00 bits per heavy atom. The highest BCUT2D eigenvalue weighted by Crippen LogP contribution is 2.32. The minimum absolute atomic E-state index is 0.0775. The summed E-state index contributed by atoms with van der Waals surface area (Å²) in [6.45, 7) is 2.87. The smallest absolute Gasteiger partial charge is 0.138 e. The zero-order chi connectivity index (χ0) is 11.5. The number of nitrogens with two attached hydrogens (primary N) is 1. The lowest BCUT2D eigenvalue weighted by Gasteiger charge is -2.07. The average molecular weight is 221 g/mol. The fourth-order valence-corrected chi connectivity index (χ4v) is 1.92. The van der Waals surface area contributed by atoms with E-state index in [4.69, 9.17) is 5.73 Å². The molecular formula is C12H19N3O. The van der Waals surface area contributed by atoms with Crippen molar-refractivity contribution in [1.82, 2.24) is 9.78 Å². The van der Waals surface area contributed by atoms with Gasteiger partial charge in [0.15, 0.2) is 0 Å². The number of aromatic nitrogens is 2. The molecule has 2 rings (SSSR count). The molecule has 2 N–H and O–H groups in total. The number of hydrogen-bond acceptors (Lipinski definition) is 3. The molecule has 16 heavy (non-hydrogen) atoms. The molecule has 4 nitrogen and oxygen atoms in total. The maximum absolute atomic E-state index is 11.7. The summed E-state index contributed by atoms with van der Waals surface area (Å²) in [5, 5.41) is 4.15. The van der Waals surface area contributed by atoms with Crippen molar-refractivity contribution >= 4 is 5.78 Å². The molecule has 1 saturated carbocycles. The number of carbonyl (C=O) groups is 1. The predicted molar refractivity (Wildman–Crippen MR) is 61.9 cm³/mol. The fourth-order valence-electron chi connectivity index (χ4n) is 1.92. The summed E-state index contributed by atoms with van der Waals surface area (Å²) in [5.41, 5.74) is 6.92. The first kappa shape index (κ1) is 11.3. The molecule has 0 saturated heterocycles. The van der Waals surface area contributed by atoms with Crippen LogP contribution in [0.4, 0.5) is 0 Å². The molecule has 0 aliphatic heterocycles. The molecule has 0 aromatic carbocycles. The van der Waals surface area contributed by atoms with Crippen LogP contribution in [0.15, 0.2) is 12.4 Å². The van der Waals surface area contributed by atoms with Crippen molar-refractivity contribution in [3.8, 4) is 0 Å². The monoisotopic (exact) mass is 221 g/mol. The summed E-state index contributed by atoms with van der Waals surface area (Å²) in [7, 11) is 0. The van der Waals surface area contributed by atoms with Gasteiger partial charge in [-0.05, 0) is 31.2 Å². The topological polar surface area (TPSA) is 60.9 Å². The third-order valence-electron chi connectivity index (χ3n) is 3.10. The van der Waals surface area contributed by atoms with E-state index < -0.39 is 0 Å². The van der Waals surface area contributed by atoms with Crippen LogP contribution < -0.4 is 5.73 Å². The van der Waals surface area contributed by atoms with Gasteiger partial charge in [0.2, 0.25) is 0 Å². The van der Waals surface area contributed by atoms with Crippen molar-refractivity contribution in [1.29, 1.82) is 0 Å². The molecule has 0 spiro atoms. The van der Waals surface area contributed by atoms with Gasteiger partial charge in [0.05, 0.1) is 6.20 Å². The second-order valence-corrected chi connectivity index (χ2v) is 4.63. The van der Waals surface area contributed by atoms with Crippen LogP contribution in [0.1, 0.15) is 31.7 Å². The molecule has 88 valence electrons. The molecule has 1 atom stereocenters. The Bertz CT molecular complexity index is 368. The van der Waals surface area contributed by atoms with Crippen LogP contribution in [0.3, 0.4) is 0 Å². The fraction of sp³-hybridized carbons (Fsp3) is 0.667. The highest BCUT2D eigenvalue weighted by molar-refractivity contribution is 5.81. The summed E-state index contributed by atoms with van der Waals surface area (Å²) in [6, 6.07) is 0.0775. The normalized spacial score (nSPS) is 17.4. The predicted octanol–water partition coefficient (Wildman–Crippen LogP) is 1.14. The minimum atomic E-state index is 0.0775. The first-order chi connectivity index (χ1) is 7.69. The van der Waals surface area contributed by atoms with Crippen LogP contribution in [0.25, 0.3) is 0 Å². The number of aryl methyl sites for hydroxylation is 1. The number of ketones is 1. The average Bonchev–Trinajstić information content (AvgIpc) is 3.00. The lowest BCUT2D eigenvalue weighted by molar-refractivity contribution is -0.118. The summed E-state index contributed by atoms with van der Waals surface area (Å²) >= 11 is 0. The van der Waals surface area contributed by atoms with E-state index in [-0.39, 0.29) is 11.8 Å². The van der Waals surface area contributed by atoms with E-state index >= 15 is 0 Å². The highest BCUT2D eigenvalue weighted by Gasteiger charge is 2.29. The van der Waals surface area contributed by atoms with E-state index in [1.54, 1.807) is 6.20 Å². The molecule has 1 unspecified atom stereocenters. The first-order valence-electron chi connectivity index (χ1n) is 5.97. The molecule has 4 heteroatoms. The Morgan fingerprint density at radius 2 is 2.44 bits per heavy atom. The van der Waals surface area contributed by atoms with Crippen LogP contribution in [-0.4, -0.2) is 21.6 Å². The van der Waals surface area contributed by atoms with Crippen LogP contribution in [0.5, 0.6) is 0 Å². The van der Waals surface area contributed by atoms with Gasteiger partial charge >= 0.3 is 0 Å². The van der Waals surface area contributed by atoms with Crippen molar-refractivity contribution in [3.05, 3.63) is 18.0 Å². The van der Waals surface area contributed by atoms with Gasteiger partial charge < -0.3 is 5.73 Å². The van der Waals surface area contributed by atoms with Gasteiger partial charge in [-0.3, -0.25) is 9.48 Å². The second kappa shape index (κ2) is 4.78. The summed E-state index contributed by atoms with van der Waals surface area (Å²) in [6.07, 6.45) is 7.08. The Hall–Kier alpha value is -1.16. The van der Waals surface area contributed by atoms with Crippen molar-refractivity contribution in [3.63, 3.8) is 0 Å². The largest absolute Gasteiger partial charge is 0.327 e. The summed E-state index contributed by atoms with van der Waals surface area (Å²) in [4.78, 5) is 11.7. The molecule has 1 fully saturated rings.